The van der Waals surface area contributed by atoms with Crippen molar-refractivity contribution < 1.29 is 26.1 Å². The number of hydrogen-bond acceptors (Lipinski definition) is 4. The Morgan fingerprint density at radius 1 is 1.29 bits per heavy atom. The first-order valence-electron chi connectivity index (χ1n) is 5.78. The van der Waals surface area contributed by atoms with Crippen LogP contribution >= 0.6 is 0 Å². The Bertz CT molecular complexity index is 738. The minimum Gasteiger partial charge on any atom is -0.360 e. The average Bonchev–Trinajstić information content (AvgIpc) is 2.82. The molecule has 1 heterocycles. The summed E-state index contributed by atoms with van der Waals surface area (Å²) in [5, 5.41) is 3.56. The first-order valence-corrected chi connectivity index (χ1v) is 7.26. The summed E-state index contributed by atoms with van der Waals surface area (Å²) in [6.07, 6.45) is -4.76. The zero-order chi connectivity index (χ0) is 15.7. The molecule has 0 saturated carbocycles. The Morgan fingerprint density at radius 3 is 2.52 bits per heavy atom. The molecule has 2 aromatic rings. The van der Waals surface area contributed by atoms with E-state index in [0.717, 1.165) is 12.1 Å². The van der Waals surface area contributed by atoms with Crippen LogP contribution in [0.2, 0.25) is 0 Å². The van der Waals surface area contributed by atoms with E-state index in [9.17, 15) is 21.6 Å². The van der Waals surface area contributed by atoms with Gasteiger partial charge in [-0.05, 0) is 19.1 Å². The number of nitrogens with one attached hydrogen (secondary N) is 1. The van der Waals surface area contributed by atoms with E-state index < -0.39 is 26.7 Å². The highest BCUT2D eigenvalue weighted by atomic mass is 32.2. The fraction of sp³-hybridized carbons (Fsp3) is 0.250. The monoisotopic (exact) mass is 320 g/mol. The van der Waals surface area contributed by atoms with E-state index in [4.69, 9.17) is 4.52 Å². The summed E-state index contributed by atoms with van der Waals surface area (Å²) < 4.78 is 69.3. The molecule has 1 N–H and O–H groups in total. The lowest BCUT2D eigenvalue weighted by Gasteiger charge is -2.13. The molecular formula is C12H11F3N2O3S. The highest BCUT2D eigenvalue weighted by Crippen LogP contribution is 2.33. The molecule has 1 aromatic carbocycles. The van der Waals surface area contributed by atoms with Gasteiger partial charge in [-0.1, -0.05) is 17.3 Å². The number of aromatic nitrogens is 1. The van der Waals surface area contributed by atoms with Crippen molar-refractivity contribution in [2.45, 2.75) is 24.5 Å². The van der Waals surface area contributed by atoms with Gasteiger partial charge in [-0.3, -0.25) is 0 Å². The van der Waals surface area contributed by atoms with Crippen LogP contribution in [0.3, 0.4) is 0 Å². The number of benzene rings is 1. The normalized spacial score (nSPS) is 12.6. The highest BCUT2D eigenvalue weighted by molar-refractivity contribution is 7.89. The first kappa shape index (κ1) is 15.5. The molecule has 0 amide bonds. The molecular weight excluding hydrogens is 309 g/mol. The van der Waals surface area contributed by atoms with E-state index in [-0.39, 0.29) is 12.3 Å². The van der Waals surface area contributed by atoms with Gasteiger partial charge in [0.2, 0.25) is 10.0 Å². The van der Waals surface area contributed by atoms with Gasteiger partial charge in [0.1, 0.15) is 0 Å². The fourth-order valence-electron chi connectivity index (χ4n) is 1.68. The summed E-state index contributed by atoms with van der Waals surface area (Å²) in [4.78, 5) is -0.825. The predicted molar refractivity (Wildman–Crippen MR) is 66.7 cm³/mol. The molecule has 9 heteroatoms. The van der Waals surface area contributed by atoms with Crippen LogP contribution in [-0.2, 0) is 22.7 Å². The maximum Gasteiger partial charge on any atom is 0.417 e. The molecule has 2 rings (SSSR count). The third-order valence-electron chi connectivity index (χ3n) is 2.60. The number of nitrogens with zero attached hydrogens (tertiary/aromatic N) is 1. The Labute approximate surface area is 118 Å². The average molecular weight is 320 g/mol. The van der Waals surface area contributed by atoms with Crippen LogP contribution in [0.25, 0.3) is 0 Å². The largest absolute Gasteiger partial charge is 0.417 e. The molecule has 0 saturated heterocycles. The Hall–Kier alpha value is -1.87. The minimum atomic E-state index is -4.76. The molecule has 0 aliphatic heterocycles. The SMILES string of the molecule is Cc1cc(CNS(=O)(=O)c2ccccc2C(F)(F)F)on1. The Morgan fingerprint density at radius 2 is 1.95 bits per heavy atom. The Kier molecular flexibility index (Phi) is 4.06. The second kappa shape index (κ2) is 5.49. The van der Waals surface area contributed by atoms with Gasteiger partial charge in [-0.2, -0.15) is 13.2 Å². The van der Waals surface area contributed by atoms with Crippen molar-refractivity contribution in [2.24, 2.45) is 0 Å². The summed E-state index contributed by atoms with van der Waals surface area (Å²) >= 11 is 0. The fourth-order valence-corrected chi connectivity index (χ4v) is 2.90. The van der Waals surface area contributed by atoms with Crippen LogP contribution in [0.5, 0.6) is 0 Å². The Balaban J connectivity index is 2.28. The van der Waals surface area contributed by atoms with E-state index in [1.54, 1.807) is 6.92 Å². The molecule has 0 bridgehead atoms. The van der Waals surface area contributed by atoms with Crippen LogP contribution in [0.1, 0.15) is 17.0 Å². The van der Waals surface area contributed by atoms with Crippen molar-refractivity contribution >= 4 is 10.0 Å². The number of alkyl halides is 3. The minimum absolute atomic E-state index is 0.209. The second-order valence-electron chi connectivity index (χ2n) is 4.25. The number of sulfonamides is 1. The maximum absolute atomic E-state index is 12.8. The number of rotatable bonds is 4. The molecule has 1 aromatic heterocycles. The molecule has 114 valence electrons. The summed E-state index contributed by atoms with van der Waals surface area (Å²) in [7, 11) is -4.32. The topological polar surface area (TPSA) is 72.2 Å². The van der Waals surface area contributed by atoms with Crippen molar-refractivity contribution in [1.82, 2.24) is 9.88 Å². The van der Waals surface area contributed by atoms with Gasteiger partial charge in [-0.15, -0.1) is 0 Å². The quantitative estimate of drug-likeness (QED) is 0.939. The van der Waals surface area contributed by atoms with Crippen molar-refractivity contribution in [2.75, 3.05) is 0 Å². The van der Waals surface area contributed by atoms with E-state index in [2.05, 4.69) is 9.88 Å². The summed E-state index contributed by atoms with van der Waals surface area (Å²) in [6.45, 7) is 1.36. The van der Waals surface area contributed by atoms with Crippen LogP contribution in [0, 0.1) is 6.92 Å². The predicted octanol–water partition coefficient (Wildman–Crippen LogP) is 2.48. The third kappa shape index (κ3) is 3.61. The standard InChI is InChI=1S/C12H11F3N2O3S/c1-8-6-9(20-17-8)7-16-21(18,19)11-5-3-2-4-10(11)12(13,14)15/h2-6,16H,7H2,1H3. The molecule has 21 heavy (non-hydrogen) atoms. The zero-order valence-corrected chi connectivity index (χ0v) is 11.6. The molecule has 0 atom stereocenters. The third-order valence-corrected chi connectivity index (χ3v) is 4.05. The molecule has 0 radical (unpaired) electrons. The maximum atomic E-state index is 12.8. The highest BCUT2D eigenvalue weighted by Gasteiger charge is 2.36. The van der Waals surface area contributed by atoms with Crippen LogP contribution in [0.4, 0.5) is 13.2 Å². The van der Waals surface area contributed by atoms with Crippen LogP contribution in [-0.4, -0.2) is 13.6 Å². The van der Waals surface area contributed by atoms with Gasteiger partial charge in [0.15, 0.2) is 5.76 Å². The molecule has 0 unspecified atom stereocenters. The van der Waals surface area contributed by atoms with Crippen LogP contribution in [0.15, 0.2) is 39.8 Å². The van der Waals surface area contributed by atoms with Gasteiger partial charge in [0.05, 0.1) is 22.7 Å². The van der Waals surface area contributed by atoms with Gasteiger partial charge >= 0.3 is 6.18 Å². The lowest BCUT2D eigenvalue weighted by molar-refractivity contribution is -0.139. The lowest BCUT2D eigenvalue weighted by Crippen LogP contribution is -2.25. The van der Waals surface area contributed by atoms with E-state index in [1.165, 1.54) is 12.1 Å². The van der Waals surface area contributed by atoms with Crippen molar-refractivity contribution in [1.29, 1.82) is 0 Å². The molecule has 0 fully saturated rings. The van der Waals surface area contributed by atoms with Crippen molar-refractivity contribution in [3.05, 3.63) is 47.3 Å². The zero-order valence-electron chi connectivity index (χ0n) is 10.8. The van der Waals surface area contributed by atoms with Crippen LogP contribution < -0.4 is 4.72 Å². The van der Waals surface area contributed by atoms with Gasteiger partial charge < -0.3 is 4.52 Å². The molecule has 0 aliphatic rings. The van der Waals surface area contributed by atoms with Gasteiger partial charge in [0, 0.05) is 6.07 Å². The van der Waals surface area contributed by atoms with E-state index in [1.807, 2.05) is 0 Å². The lowest BCUT2D eigenvalue weighted by atomic mass is 10.2. The van der Waals surface area contributed by atoms with E-state index >= 15 is 0 Å². The summed E-state index contributed by atoms with van der Waals surface area (Å²) in [6, 6.07) is 5.45. The van der Waals surface area contributed by atoms with Crippen molar-refractivity contribution in [3.63, 3.8) is 0 Å². The molecule has 0 spiro atoms. The second-order valence-corrected chi connectivity index (χ2v) is 5.99. The summed E-state index contributed by atoms with van der Waals surface area (Å²) in [5.41, 5.74) is -0.675. The van der Waals surface area contributed by atoms with Gasteiger partial charge in [-0.25, -0.2) is 13.1 Å². The van der Waals surface area contributed by atoms with E-state index in [0.29, 0.717) is 11.8 Å². The first-order chi connectivity index (χ1) is 9.70. The van der Waals surface area contributed by atoms with Crippen molar-refractivity contribution in [3.8, 4) is 0 Å². The smallest absolute Gasteiger partial charge is 0.360 e. The number of halogens is 3. The summed E-state index contributed by atoms with van der Waals surface area (Å²) in [5.74, 6) is 0.209. The molecule has 5 nitrogen and oxygen atoms in total. The number of hydrogen-bond donors (Lipinski definition) is 1. The molecule has 0 aliphatic carbocycles. The number of aryl methyl sites for hydroxylation is 1. The van der Waals surface area contributed by atoms with Gasteiger partial charge in [0.25, 0.3) is 0 Å².